The maximum absolute atomic E-state index is 12.1. The summed E-state index contributed by atoms with van der Waals surface area (Å²) in [7, 11) is 3.71. The number of amides is 1. The SMILES string of the molecule is CCCc1nnsc1C(=O)Nc1cnc(N(C)C)nc1. The number of anilines is 2. The molecule has 0 radical (unpaired) electrons. The van der Waals surface area contributed by atoms with E-state index < -0.39 is 0 Å². The lowest BCUT2D eigenvalue weighted by Gasteiger charge is -2.10. The van der Waals surface area contributed by atoms with Crippen LogP contribution in [0.1, 0.15) is 28.7 Å². The van der Waals surface area contributed by atoms with Gasteiger partial charge in [-0.25, -0.2) is 9.97 Å². The Morgan fingerprint density at radius 3 is 2.65 bits per heavy atom. The lowest BCUT2D eigenvalue weighted by molar-refractivity contribution is 0.102. The summed E-state index contributed by atoms with van der Waals surface area (Å²) < 4.78 is 3.83. The van der Waals surface area contributed by atoms with Crippen LogP contribution in [0, 0.1) is 0 Å². The van der Waals surface area contributed by atoms with Crippen LogP contribution in [0.5, 0.6) is 0 Å². The zero-order valence-corrected chi connectivity index (χ0v) is 12.4. The summed E-state index contributed by atoms with van der Waals surface area (Å²) in [5.74, 6) is 0.374. The highest BCUT2D eigenvalue weighted by molar-refractivity contribution is 7.08. The number of carbonyl (C=O) groups is 1. The van der Waals surface area contributed by atoms with Crippen LogP contribution in [0.3, 0.4) is 0 Å². The molecule has 2 heterocycles. The summed E-state index contributed by atoms with van der Waals surface area (Å²) in [6, 6.07) is 0. The highest BCUT2D eigenvalue weighted by Crippen LogP contribution is 2.15. The first kappa shape index (κ1) is 14.3. The third-order valence-electron chi connectivity index (χ3n) is 2.54. The minimum absolute atomic E-state index is 0.218. The van der Waals surface area contributed by atoms with Crippen molar-refractivity contribution in [3.05, 3.63) is 23.0 Å². The topological polar surface area (TPSA) is 83.9 Å². The van der Waals surface area contributed by atoms with Crippen LogP contribution in [-0.4, -0.2) is 39.6 Å². The molecule has 0 bridgehead atoms. The molecule has 106 valence electrons. The summed E-state index contributed by atoms with van der Waals surface area (Å²) in [6.07, 6.45) is 4.82. The van der Waals surface area contributed by atoms with Gasteiger partial charge in [-0.1, -0.05) is 17.8 Å². The first-order valence-corrected chi connectivity index (χ1v) is 7.01. The molecule has 7 nitrogen and oxygen atoms in total. The van der Waals surface area contributed by atoms with Gasteiger partial charge in [0.25, 0.3) is 5.91 Å². The number of carbonyl (C=O) groups excluding carboxylic acids is 1. The summed E-state index contributed by atoms with van der Waals surface area (Å²) in [6.45, 7) is 2.04. The van der Waals surface area contributed by atoms with Gasteiger partial charge in [0, 0.05) is 14.1 Å². The van der Waals surface area contributed by atoms with Crippen LogP contribution in [0.25, 0.3) is 0 Å². The van der Waals surface area contributed by atoms with Gasteiger partial charge in [0.2, 0.25) is 5.95 Å². The Morgan fingerprint density at radius 1 is 1.35 bits per heavy atom. The fourth-order valence-corrected chi connectivity index (χ4v) is 2.19. The van der Waals surface area contributed by atoms with Crippen molar-refractivity contribution in [3.63, 3.8) is 0 Å². The normalized spacial score (nSPS) is 10.3. The molecule has 2 aromatic heterocycles. The molecule has 2 rings (SSSR count). The van der Waals surface area contributed by atoms with E-state index in [0.717, 1.165) is 30.1 Å². The number of aromatic nitrogens is 4. The third kappa shape index (κ3) is 3.27. The largest absolute Gasteiger partial charge is 0.347 e. The molecular formula is C12H16N6OS. The number of nitrogens with one attached hydrogen (secondary N) is 1. The fraction of sp³-hybridized carbons (Fsp3) is 0.417. The van der Waals surface area contributed by atoms with Crippen molar-refractivity contribution in [2.45, 2.75) is 19.8 Å². The maximum atomic E-state index is 12.1. The Bertz CT molecular complexity index is 580. The quantitative estimate of drug-likeness (QED) is 0.901. The van der Waals surface area contributed by atoms with Gasteiger partial charge in [0.1, 0.15) is 4.88 Å². The molecule has 0 saturated carbocycles. The second-order valence-corrected chi connectivity index (χ2v) is 5.17. The zero-order valence-electron chi connectivity index (χ0n) is 11.6. The molecule has 1 N–H and O–H groups in total. The molecule has 20 heavy (non-hydrogen) atoms. The molecule has 0 fully saturated rings. The van der Waals surface area contributed by atoms with Crippen molar-refractivity contribution in [2.24, 2.45) is 0 Å². The van der Waals surface area contributed by atoms with Crippen molar-refractivity contribution in [1.29, 1.82) is 0 Å². The predicted molar refractivity (Wildman–Crippen MR) is 78.2 cm³/mol. The van der Waals surface area contributed by atoms with Gasteiger partial charge < -0.3 is 10.2 Å². The minimum atomic E-state index is -0.218. The average Bonchev–Trinajstić information content (AvgIpc) is 2.88. The van der Waals surface area contributed by atoms with Gasteiger partial charge in [0.05, 0.1) is 23.8 Å². The van der Waals surface area contributed by atoms with Gasteiger partial charge >= 0.3 is 0 Å². The van der Waals surface area contributed by atoms with Crippen molar-refractivity contribution in [3.8, 4) is 0 Å². The number of hydrogen-bond donors (Lipinski definition) is 1. The number of nitrogens with zero attached hydrogens (tertiary/aromatic N) is 5. The van der Waals surface area contributed by atoms with Crippen LogP contribution < -0.4 is 10.2 Å². The molecule has 0 aliphatic heterocycles. The molecule has 1 amide bonds. The van der Waals surface area contributed by atoms with Crippen molar-refractivity contribution in [2.75, 3.05) is 24.3 Å². The van der Waals surface area contributed by atoms with Gasteiger partial charge in [-0.05, 0) is 18.0 Å². The van der Waals surface area contributed by atoms with Gasteiger partial charge in [0.15, 0.2) is 0 Å². The van der Waals surface area contributed by atoms with Gasteiger partial charge in [-0.15, -0.1) is 5.10 Å². The lowest BCUT2D eigenvalue weighted by Crippen LogP contribution is -2.15. The average molecular weight is 292 g/mol. The maximum Gasteiger partial charge on any atom is 0.269 e. The first-order valence-electron chi connectivity index (χ1n) is 6.23. The van der Waals surface area contributed by atoms with E-state index in [9.17, 15) is 4.79 Å². The molecule has 0 atom stereocenters. The van der Waals surface area contributed by atoms with E-state index >= 15 is 0 Å². The van der Waals surface area contributed by atoms with Crippen molar-refractivity contribution in [1.82, 2.24) is 19.6 Å². The second-order valence-electron chi connectivity index (χ2n) is 4.42. The predicted octanol–water partition coefficient (Wildman–Crippen LogP) is 1.60. The minimum Gasteiger partial charge on any atom is -0.347 e. The van der Waals surface area contributed by atoms with E-state index in [1.165, 1.54) is 0 Å². The highest BCUT2D eigenvalue weighted by atomic mass is 32.1. The van der Waals surface area contributed by atoms with Crippen LogP contribution in [-0.2, 0) is 6.42 Å². The Balaban J connectivity index is 2.09. The molecule has 0 aliphatic carbocycles. The number of rotatable bonds is 5. The monoisotopic (exact) mass is 292 g/mol. The zero-order chi connectivity index (χ0) is 14.5. The fourth-order valence-electron chi connectivity index (χ4n) is 1.59. The van der Waals surface area contributed by atoms with E-state index in [1.807, 2.05) is 21.0 Å². The van der Waals surface area contributed by atoms with E-state index in [0.29, 0.717) is 16.5 Å². The second kappa shape index (κ2) is 6.38. The van der Waals surface area contributed by atoms with Crippen LogP contribution in [0.2, 0.25) is 0 Å². The summed E-state index contributed by atoms with van der Waals surface area (Å²) in [4.78, 5) is 22.8. The van der Waals surface area contributed by atoms with E-state index in [4.69, 9.17) is 0 Å². The summed E-state index contributed by atoms with van der Waals surface area (Å²) in [5, 5.41) is 6.73. The van der Waals surface area contributed by atoms with Crippen LogP contribution in [0.15, 0.2) is 12.4 Å². The molecule has 0 spiro atoms. The lowest BCUT2D eigenvalue weighted by atomic mass is 10.2. The van der Waals surface area contributed by atoms with E-state index in [2.05, 4.69) is 24.9 Å². The molecular weight excluding hydrogens is 276 g/mol. The number of aryl methyl sites for hydroxylation is 1. The molecule has 2 aromatic rings. The molecule has 8 heteroatoms. The summed E-state index contributed by atoms with van der Waals surface area (Å²) >= 11 is 1.10. The highest BCUT2D eigenvalue weighted by Gasteiger charge is 2.16. The first-order chi connectivity index (χ1) is 9.61. The third-order valence-corrected chi connectivity index (χ3v) is 3.31. The summed E-state index contributed by atoms with van der Waals surface area (Å²) in [5.41, 5.74) is 1.29. The molecule has 0 unspecified atom stereocenters. The number of hydrogen-bond acceptors (Lipinski definition) is 7. The Morgan fingerprint density at radius 2 is 2.05 bits per heavy atom. The van der Waals surface area contributed by atoms with Crippen molar-refractivity contribution >= 4 is 29.1 Å². The molecule has 0 saturated heterocycles. The van der Waals surface area contributed by atoms with Gasteiger partial charge in [-0.3, -0.25) is 4.79 Å². The van der Waals surface area contributed by atoms with Crippen LogP contribution >= 0.6 is 11.5 Å². The van der Waals surface area contributed by atoms with E-state index in [1.54, 1.807) is 17.3 Å². The Labute approximate surface area is 121 Å². The standard InChI is InChI=1S/C12H16N6OS/c1-4-5-9-10(20-17-16-9)11(19)15-8-6-13-12(14-7-8)18(2)3/h6-7H,4-5H2,1-3H3,(H,15,19). The van der Waals surface area contributed by atoms with E-state index in [-0.39, 0.29) is 5.91 Å². The smallest absolute Gasteiger partial charge is 0.269 e. The Kier molecular flexibility index (Phi) is 4.57. The molecule has 0 aliphatic rings. The van der Waals surface area contributed by atoms with Gasteiger partial charge in [-0.2, -0.15) is 0 Å². The van der Waals surface area contributed by atoms with Crippen LogP contribution in [0.4, 0.5) is 11.6 Å². The molecule has 0 aromatic carbocycles. The Hall–Kier alpha value is -2.09. The van der Waals surface area contributed by atoms with Crippen molar-refractivity contribution < 1.29 is 4.79 Å².